The number of furan rings is 1. The van der Waals surface area contributed by atoms with E-state index in [2.05, 4.69) is 10.5 Å². The number of amides is 1. The standard InChI is InChI=1S/C12H10N4O4/c13-9-3-1-2-8(6-9)12(17)15-14-7-10-4-5-11(20-10)16(18)19/h1-7H,13H2,(H,15,17). The molecule has 102 valence electrons. The predicted molar refractivity (Wildman–Crippen MR) is 71.3 cm³/mol. The van der Waals surface area contributed by atoms with E-state index in [1.165, 1.54) is 18.2 Å². The van der Waals surface area contributed by atoms with Crippen molar-refractivity contribution >= 4 is 23.7 Å². The van der Waals surface area contributed by atoms with Gasteiger partial charge >= 0.3 is 5.88 Å². The maximum Gasteiger partial charge on any atom is 0.433 e. The number of hydrazone groups is 1. The van der Waals surface area contributed by atoms with Gasteiger partial charge in [0.25, 0.3) is 5.91 Å². The maximum atomic E-state index is 11.7. The summed E-state index contributed by atoms with van der Waals surface area (Å²) in [4.78, 5) is 21.4. The SMILES string of the molecule is Nc1cccc(C(=O)NN=Cc2ccc([N+](=O)[O-])o2)c1. The van der Waals surface area contributed by atoms with Gasteiger partial charge in [0.15, 0.2) is 5.76 Å². The molecule has 0 spiro atoms. The Balaban J connectivity index is 1.99. The third-order valence-corrected chi connectivity index (χ3v) is 2.30. The van der Waals surface area contributed by atoms with Crippen molar-refractivity contribution in [2.24, 2.45) is 5.10 Å². The number of hydrogen-bond donors (Lipinski definition) is 2. The van der Waals surface area contributed by atoms with Gasteiger partial charge < -0.3 is 10.2 Å². The second-order valence-corrected chi connectivity index (χ2v) is 3.76. The van der Waals surface area contributed by atoms with E-state index in [0.29, 0.717) is 11.3 Å². The third-order valence-electron chi connectivity index (χ3n) is 2.30. The van der Waals surface area contributed by atoms with Crippen LogP contribution in [0.4, 0.5) is 11.6 Å². The second-order valence-electron chi connectivity index (χ2n) is 3.76. The van der Waals surface area contributed by atoms with Crippen LogP contribution in [0.3, 0.4) is 0 Å². The normalized spacial score (nSPS) is 10.6. The Bertz CT molecular complexity index is 678. The lowest BCUT2D eigenvalue weighted by molar-refractivity contribution is -0.402. The Morgan fingerprint density at radius 3 is 2.85 bits per heavy atom. The van der Waals surface area contributed by atoms with Crippen LogP contribution in [0.25, 0.3) is 0 Å². The average Bonchev–Trinajstić information content (AvgIpc) is 2.87. The number of benzene rings is 1. The highest BCUT2D eigenvalue weighted by molar-refractivity contribution is 5.95. The first kappa shape index (κ1) is 13.3. The Morgan fingerprint density at radius 1 is 1.40 bits per heavy atom. The highest BCUT2D eigenvalue weighted by Crippen LogP contribution is 2.13. The van der Waals surface area contributed by atoms with Crippen LogP contribution in [-0.4, -0.2) is 17.0 Å². The number of nitrogen functional groups attached to an aromatic ring is 1. The highest BCUT2D eigenvalue weighted by Gasteiger charge is 2.10. The monoisotopic (exact) mass is 274 g/mol. The summed E-state index contributed by atoms with van der Waals surface area (Å²) < 4.78 is 4.83. The van der Waals surface area contributed by atoms with Gasteiger partial charge in [0.1, 0.15) is 4.92 Å². The molecule has 1 aromatic carbocycles. The van der Waals surface area contributed by atoms with Gasteiger partial charge in [-0.2, -0.15) is 5.10 Å². The lowest BCUT2D eigenvalue weighted by atomic mass is 10.2. The summed E-state index contributed by atoms with van der Waals surface area (Å²) in [5.74, 6) is -0.687. The number of anilines is 1. The van der Waals surface area contributed by atoms with Crippen molar-refractivity contribution < 1.29 is 14.1 Å². The number of hydrogen-bond acceptors (Lipinski definition) is 6. The molecule has 0 aliphatic heterocycles. The number of nitrogens with one attached hydrogen (secondary N) is 1. The zero-order chi connectivity index (χ0) is 14.5. The van der Waals surface area contributed by atoms with Gasteiger partial charge in [-0.1, -0.05) is 6.07 Å². The maximum absolute atomic E-state index is 11.7. The molecule has 0 aliphatic carbocycles. The zero-order valence-electron chi connectivity index (χ0n) is 10.1. The molecule has 3 N–H and O–H groups in total. The Kier molecular flexibility index (Phi) is 3.75. The van der Waals surface area contributed by atoms with E-state index >= 15 is 0 Å². The molecule has 1 heterocycles. The first-order chi connectivity index (χ1) is 9.56. The molecule has 0 bridgehead atoms. The fourth-order valence-electron chi connectivity index (χ4n) is 1.41. The molecule has 0 aliphatic rings. The number of nitro groups is 1. The number of rotatable bonds is 4. The van der Waals surface area contributed by atoms with Gasteiger partial charge in [0, 0.05) is 11.3 Å². The summed E-state index contributed by atoms with van der Waals surface area (Å²) in [6.07, 6.45) is 1.16. The molecule has 8 heteroatoms. The molecule has 0 saturated heterocycles. The zero-order valence-corrected chi connectivity index (χ0v) is 10.1. The molecule has 1 aromatic heterocycles. The van der Waals surface area contributed by atoms with Crippen molar-refractivity contribution in [3.63, 3.8) is 0 Å². The van der Waals surface area contributed by atoms with Gasteiger partial charge in [-0.15, -0.1) is 0 Å². The Labute approximate surface area is 113 Å². The quantitative estimate of drug-likeness (QED) is 0.378. The number of carbonyl (C=O) groups excluding carboxylic acids is 1. The molecule has 8 nitrogen and oxygen atoms in total. The molecule has 0 saturated carbocycles. The molecule has 0 fully saturated rings. The van der Waals surface area contributed by atoms with Gasteiger partial charge in [-0.25, -0.2) is 5.43 Å². The summed E-state index contributed by atoms with van der Waals surface area (Å²) in [5.41, 5.74) is 8.62. The van der Waals surface area contributed by atoms with Crippen LogP contribution in [0, 0.1) is 10.1 Å². The molecule has 2 rings (SSSR count). The molecule has 0 atom stereocenters. The van der Waals surface area contributed by atoms with Crippen LogP contribution in [0.2, 0.25) is 0 Å². The number of carbonyl (C=O) groups is 1. The van der Waals surface area contributed by atoms with Crippen molar-refractivity contribution in [2.75, 3.05) is 5.73 Å². The smallest absolute Gasteiger partial charge is 0.400 e. The number of nitrogens with two attached hydrogens (primary N) is 1. The first-order valence-corrected chi connectivity index (χ1v) is 5.49. The summed E-state index contributed by atoms with van der Waals surface area (Å²) in [6, 6.07) is 8.95. The van der Waals surface area contributed by atoms with Crippen LogP contribution in [0.5, 0.6) is 0 Å². The summed E-state index contributed by atoms with van der Waals surface area (Å²) >= 11 is 0. The lowest BCUT2D eigenvalue weighted by Crippen LogP contribution is -2.17. The van der Waals surface area contributed by atoms with Crippen LogP contribution < -0.4 is 11.2 Å². The number of nitrogens with zero attached hydrogens (tertiary/aromatic N) is 2. The summed E-state index contributed by atoms with van der Waals surface area (Å²) in [6.45, 7) is 0. The predicted octanol–water partition coefficient (Wildman–Crippen LogP) is 1.53. The van der Waals surface area contributed by atoms with Gasteiger partial charge in [0.05, 0.1) is 12.3 Å². The molecule has 0 unspecified atom stereocenters. The van der Waals surface area contributed by atoms with Crippen LogP contribution in [0.15, 0.2) is 45.9 Å². The van der Waals surface area contributed by atoms with E-state index in [-0.39, 0.29) is 5.76 Å². The minimum atomic E-state index is -0.664. The fourth-order valence-corrected chi connectivity index (χ4v) is 1.41. The Morgan fingerprint density at radius 2 is 2.20 bits per heavy atom. The van der Waals surface area contributed by atoms with E-state index in [1.807, 2.05) is 0 Å². The van der Waals surface area contributed by atoms with Gasteiger partial charge in [-0.05, 0) is 24.3 Å². The van der Waals surface area contributed by atoms with Crippen molar-refractivity contribution in [1.82, 2.24) is 5.43 Å². The molecule has 20 heavy (non-hydrogen) atoms. The van der Waals surface area contributed by atoms with Crippen molar-refractivity contribution in [3.05, 3.63) is 57.8 Å². The lowest BCUT2D eigenvalue weighted by Gasteiger charge is -2.00. The molecule has 2 aromatic rings. The second kappa shape index (κ2) is 5.65. The van der Waals surface area contributed by atoms with Crippen molar-refractivity contribution in [3.8, 4) is 0 Å². The van der Waals surface area contributed by atoms with Crippen molar-refractivity contribution in [1.29, 1.82) is 0 Å². The topological polar surface area (TPSA) is 124 Å². The Hall–Kier alpha value is -3.16. The van der Waals surface area contributed by atoms with Crippen LogP contribution in [-0.2, 0) is 0 Å². The van der Waals surface area contributed by atoms with Crippen molar-refractivity contribution in [2.45, 2.75) is 0 Å². The highest BCUT2D eigenvalue weighted by atomic mass is 16.6. The summed E-state index contributed by atoms with van der Waals surface area (Å²) in [7, 11) is 0. The van der Waals surface area contributed by atoms with E-state index in [9.17, 15) is 14.9 Å². The van der Waals surface area contributed by atoms with Gasteiger partial charge in [0.2, 0.25) is 0 Å². The van der Waals surface area contributed by atoms with E-state index < -0.39 is 16.7 Å². The minimum absolute atomic E-state index is 0.157. The average molecular weight is 274 g/mol. The van der Waals surface area contributed by atoms with E-state index in [4.69, 9.17) is 10.2 Å². The molecular formula is C12H10N4O4. The summed E-state index contributed by atoms with van der Waals surface area (Å²) in [5, 5.41) is 14.0. The minimum Gasteiger partial charge on any atom is -0.400 e. The molecule has 0 radical (unpaired) electrons. The third kappa shape index (κ3) is 3.19. The van der Waals surface area contributed by atoms with Crippen LogP contribution >= 0.6 is 0 Å². The molecule has 1 amide bonds. The van der Waals surface area contributed by atoms with Crippen LogP contribution in [0.1, 0.15) is 16.1 Å². The van der Waals surface area contributed by atoms with E-state index in [0.717, 1.165) is 6.21 Å². The largest absolute Gasteiger partial charge is 0.433 e. The molecular weight excluding hydrogens is 264 g/mol. The first-order valence-electron chi connectivity index (χ1n) is 5.49. The van der Waals surface area contributed by atoms with Gasteiger partial charge in [-0.3, -0.25) is 14.9 Å². The fraction of sp³-hybridized carbons (Fsp3) is 0. The van der Waals surface area contributed by atoms with E-state index in [1.54, 1.807) is 18.2 Å².